The average molecular weight is 301 g/mol. The molecule has 3 nitrogen and oxygen atoms in total. The van der Waals surface area contributed by atoms with Crippen LogP contribution in [0, 0.1) is 11.8 Å². The third-order valence-corrected chi connectivity index (χ3v) is 4.88. The zero-order chi connectivity index (χ0) is 15.3. The molecule has 0 aromatic rings. The average Bonchev–Trinajstić information content (AvgIpc) is 2.65. The zero-order valence-corrected chi connectivity index (χ0v) is 14.8. The minimum absolute atomic E-state index is 0.0000261. The van der Waals surface area contributed by atoms with Crippen molar-refractivity contribution in [2.75, 3.05) is 11.5 Å². The van der Waals surface area contributed by atoms with Gasteiger partial charge in [-0.2, -0.15) is 11.8 Å². The molecular weight excluding hydrogens is 268 g/mol. The van der Waals surface area contributed by atoms with Crippen molar-refractivity contribution < 1.29 is 4.79 Å². The summed E-state index contributed by atoms with van der Waals surface area (Å²) >= 11 is 1.96. The number of thioether (sulfide) groups is 1. The maximum atomic E-state index is 12.7. The van der Waals surface area contributed by atoms with Gasteiger partial charge >= 0.3 is 0 Å². The molecule has 20 heavy (non-hydrogen) atoms. The normalized spacial score (nSPS) is 25.0. The van der Waals surface area contributed by atoms with Gasteiger partial charge < -0.3 is 4.90 Å². The number of nitrogens with one attached hydrogen (secondary N) is 1. The Kier molecular flexibility index (Phi) is 7.38. The summed E-state index contributed by atoms with van der Waals surface area (Å²) in [5.41, 5.74) is 0. The first-order valence-corrected chi connectivity index (χ1v) is 9.19. The third kappa shape index (κ3) is 4.66. The summed E-state index contributed by atoms with van der Waals surface area (Å²) in [4.78, 5) is 14.8. The smallest absolute Gasteiger partial charge is 0.241 e. The number of rotatable bonds is 8. The van der Waals surface area contributed by atoms with Gasteiger partial charge in [-0.15, -0.1) is 0 Å². The second-order valence-electron chi connectivity index (χ2n) is 6.61. The van der Waals surface area contributed by atoms with Gasteiger partial charge in [0, 0.05) is 6.04 Å². The second-order valence-corrected chi connectivity index (χ2v) is 8.01. The van der Waals surface area contributed by atoms with Gasteiger partial charge in [-0.25, -0.2) is 0 Å². The molecule has 4 heteroatoms. The molecule has 0 aliphatic carbocycles. The van der Waals surface area contributed by atoms with Gasteiger partial charge in [-0.3, -0.25) is 10.1 Å². The van der Waals surface area contributed by atoms with Gasteiger partial charge in [0.05, 0.1) is 12.2 Å². The SMILES string of the molecule is CCSCCC(C)N1C(=O)C(C(C)C)NC1CC(C)C. The van der Waals surface area contributed by atoms with Crippen LogP contribution in [-0.2, 0) is 4.79 Å². The molecular formula is C16H32N2OS. The summed E-state index contributed by atoms with van der Waals surface area (Å²) in [7, 11) is 0. The van der Waals surface area contributed by atoms with E-state index >= 15 is 0 Å². The van der Waals surface area contributed by atoms with Crippen molar-refractivity contribution in [2.45, 2.75) is 72.6 Å². The molecule has 1 fully saturated rings. The summed E-state index contributed by atoms with van der Waals surface area (Å²) in [5, 5.41) is 3.56. The fourth-order valence-electron chi connectivity index (χ4n) is 2.84. The lowest BCUT2D eigenvalue weighted by atomic mass is 10.0. The van der Waals surface area contributed by atoms with Crippen molar-refractivity contribution in [3.63, 3.8) is 0 Å². The monoisotopic (exact) mass is 300 g/mol. The third-order valence-electron chi connectivity index (χ3n) is 3.95. The number of carbonyl (C=O) groups is 1. The van der Waals surface area contributed by atoms with Crippen molar-refractivity contribution in [3.8, 4) is 0 Å². The van der Waals surface area contributed by atoms with E-state index in [9.17, 15) is 4.79 Å². The molecule has 1 heterocycles. The second kappa shape index (κ2) is 8.28. The molecule has 0 bridgehead atoms. The number of carbonyl (C=O) groups excluding carboxylic acids is 1. The number of hydrogen-bond acceptors (Lipinski definition) is 3. The molecule has 3 unspecified atom stereocenters. The predicted octanol–water partition coefficient (Wildman–Crippen LogP) is 3.35. The minimum Gasteiger partial charge on any atom is -0.323 e. The van der Waals surface area contributed by atoms with Crippen LogP contribution < -0.4 is 5.32 Å². The predicted molar refractivity (Wildman–Crippen MR) is 88.9 cm³/mol. The molecule has 0 spiro atoms. The van der Waals surface area contributed by atoms with E-state index in [0.717, 1.165) is 24.3 Å². The van der Waals surface area contributed by atoms with Crippen molar-refractivity contribution in [2.24, 2.45) is 11.8 Å². The molecule has 0 aromatic carbocycles. The zero-order valence-electron chi connectivity index (χ0n) is 14.0. The van der Waals surface area contributed by atoms with Crippen LogP contribution in [0.3, 0.4) is 0 Å². The lowest BCUT2D eigenvalue weighted by Gasteiger charge is -2.31. The maximum Gasteiger partial charge on any atom is 0.241 e. The van der Waals surface area contributed by atoms with Gasteiger partial charge in [-0.1, -0.05) is 34.6 Å². The molecule has 1 N–H and O–H groups in total. The van der Waals surface area contributed by atoms with Crippen molar-refractivity contribution in [1.82, 2.24) is 10.2 Å². The molecule has 0 aromatic heterocycles. The van der Waals surface area contributed by atoms with E-state index in [1.165, 1.54) is 0 Å². The van der Waals surface area contributed by atoms with Crippen LogP contribution in [0.4, 0.5) is 0 Å². The van der Waals surface area contributed by atoms with Crippen LogP contribution in [0.5, 0.6) is 0 Å². The Morgan fingerprint density at radius 2 is 1.90 bits per heavy atom. The Balaban J connectivity index is 2.72. The summed E-state index contributed by atoms with van der Waals surface area (Å²) in [6, 6.07) is 0.335. The first-order chi connectivity index (χ1) is 9.38. The lowest BCUT2D eigenvalue weighted by molar-refractivity contribution is -0.132. The molecule has 1 saturated heterocycles. The number of amides is 1. The van der Waals surface area contributed by atoms with E-state index in [4.69, 9.17) is 0 Å². The summed E-state index contributed by atoms with van der Waals surface area (Å²) < 4.78 is 0. The largest absolute Gasteiger partial charge is 0.323 e. The quantitative estimate of drug-likeness (QED) is 0.698. The minimum atomic E-state index is 0.0000261. The molecule has 0 saturated carbocycles. The van der Waals surface area contributed by atoms with Crippen LogP contribution in [0.25, 0.3) is 0 Å². The van der Waals surface area contributed by atoms with E-state index in [2.05, 4.69) is 51.8 Å². The van der Waals surface area contributed by atoms with E-state index in [1.54, 1.807) is 0 Å². The fraction of sp³-hybridized carbons (Fsp3) is 0.938. The van der Waals surface area contributed by atoms with E-state index in [1.807, 2.05) is 11.8 Å². The highest BCUT2D eigenvalue weighted by Gasteiger charge is 2.42. The first kappa shape index (κ1) is 17.8. The van der Waals surface area contributed by atoms with Crippen LogP contribution in [0.2, 0.25) is 0 Å². The van der Waals surface area contributed by atoms with Gasteiger partial charge in [0.1, 0.15) is 0 Å². The van der Waals surface area contributed by atoms with Crippen LogP contribution in [-0.4, -0.2) is 40.6 Å². The van der Waals surface area contributed by atoms with E-state index < -0.39 is 0 Å². The number of nitrogens with zero attached hydrogens (tertiary/aromatic N) is 1. The first-order valence-electron chi connectivity index (χ1n) is 8.04. The van der Waals surface area contributed by atoms with Crippen molar-refractivity contribution in [1.29, 1.82) is 0 Å². The molecule has 0 radical (unpaired) electrons. The summed E-state index contributed by atoms with van der Waals surface area (Å²) in [5.74, 6) is 3.57. The van der Waals surface area contributed by atoms with E-state index in [-0.39, 0.29) is 12.2 Å². The highest BCUT2D eigenvalue weighted by Crippen LogP contribution is 2.25. The van der Waals surface area contributed by atoms with Crippen LogP contribution in [0.15, 0.2) is 0 Å². The lowest BCUT2D eigenvalue weighted by Crippen LogP contribution is -2.44. The summed E-state index contributed by atoms with van der Waals surface area (Å²) in [6.07, 6.45) is 2.35. The van der Waals surface area contributed by atoms with Gasteiger partial charge in [0.15, 0.2) is 0 Å². The topological polar surface area (TPSA) is 32.3 Å². The Hall–Kier alpha value is -0.220. The van der Waals surface area contributed by atoms with Gasteiger partial charge in [0.2, 0.25) is 5.91 Å². The molecule has 118 valence electrons. The Bertz CT molecular complexity index is 307. The Morgan fingerprint density at radius 3 is 2.40 bits per heavy atom. The van der Waals surface area contributed by atoms with Crippen LogP contribution >= 0.6 is 11.8 Å². The van der Waals surface area contributed by atoms with Crippen molar-refractivity contribution >= 4 is 17.7 Å². The molecule has 1 amide bonds. The molecule has 1 aliphatic rings. The summed E-state index contributed by atoms with van der Waals surface area (Å²) in [6.45, 7) is 13.1. The Morgan fingerprint density at radius 1 is 1.25 bits per heavy atom. The number of hydrogen-bond donors (Lipinski definition) is 1. The van der Waals surface area contributed by atoms with Gasteiger partial charge in [-0.05, 0) is 43.1 Å². The maximum absolute atomic E-state index is 12.7. The standard InChI is InChI=1S/C16H32N2OS/c1-7-20-9-8-13(6)18-14(10-11(2)3)17-15(12(4)5)16(18)19/h11-15,17H,7-10H2,1-6H3. The highest BCUT2D eigenvalue weighted by atomic mass is 32.2. The molecule has 1 rings (SSSR count). The van der Waals surface area contributed by atoms with Crippen molar-refractivity contribution in [3.05, 3.63) is 0 Å². The molecule has 3 atom stereocenters. The highest BCUT2D eigenvalue weighted by molar-refractivity contribution is 7.99. The van der Waals surface area contributed by atoms with Gasteiger partial charge in [0.25, 0.3) is 0 Å². The molecule has 1 aliphatic heterocycles. The van der Waals surface area contributed by atoms with E-state index in [0.29, 0.717) is 23.8 Å². The fourth-order valence-corrected chi connectivity index (χ4v) is 3.64. The Labute approximate surface area is 129 Å². The van der Waals surface area contributed by atoms with Crippen LogP contribution in [0.1, 0.15) is 54.4 Å².